The Morgan fingerprint density at radius 2 is 1.35 bits per heavy atom. The highest BCUT2D eigenvalue weighted by atomic mass is 16.1. The molecule has 0 aromatic heterocycles. The molecule has 0 heterocycles. The van der Waals surface area contributed by atoms with Crippen molar-refractivity contribution in [2.24, 2.45) is 0 Å². The molecule has 0 fully saturated rings. The normalized spacial score (nSPS) is 10.8. The van der Waals surface area contributed by atoms with Crippen LogP contribution in [0.3, 0.4) is 0 Å². The SMILES string of the molecule is C=C(C)C(=O)NCCCc1ccc(-c2ccc(-c3ccc(CCCCC)cc3)c(CC)c2)cc1. The summed E-state index contributed by atoms with van der Waals surface area (Å²) in [5.74, 6) is -0.0616. The second kappa shape index (κ2) is 12.9. The number of hydrogen-bond donors (Lipinski definition) is 1. The number of nitrogens with one attached hydrogen (secondary N) is 1. The number of hydrogen-bond acceptors (Lipinski definition) is 1. The van der Waals surface area contributed by atoms with Crippen LogP contribution in [0.1, 0.15) is 63.1 Å². The van der Waals surface area contributed by atoms with Crippen LogP contribution in [-0.2, 0) is 24.1 Å². The number of carbonyl (C=O) groups is 1. The molecule has 0 aliphatic carbocycles. The van der Waals surface area contributed by atoms with E-state index in [-0.39, 0.29) is 5.91 Å². The van der Waals surface area contributed by atoms with Gasteiger partial charge in [-0.15, -0.1) is 0 Å². The molecule has 0 unspecified atom stereocenters. The van der Waals surface area contributed by atoms with Gasteiger partial charge in [-0.2, -0.15) is 0 Å². The van der Waals surface area contributed by atoms with Crippen molar-refractivity contribution >= 4 is 5.91 Å². The minimum Gasteiger partial charge on any atom is -0.352 e. The number of rotatable bonds is 12. The zero-order valence-corrected chi connectivity index (χ0v) is 21.1. The first-order valence-corrected chi connectivity index (χ1v) is 12.8. The van der Waals surface area contributed by atoms with Gasteiger partial charge >= 0.3 is 0 Å². The van der Waals surface area contributed by atoms with Crippen molar-refractivity contribution < 1.29 is 4.79 Å². The molecule has 0 radical (unpaired) electrons. The van der Waals surface area contributed by atoms with Crippen LogP contribution in [0.4, 0.5) is 0 Å². The Hall–Kier alpha value is -3.13. The van der Waals surface area contributed by atoms with Gasteiger partial charge in [0.2, 0.25) is 5.91 Å². The fraction of sp³-hybridized carbons (Fsp3) is 0.344. The Bertz CT molecular complexity index is 1080. The maximum atomic E-state index is 11.6. The molecule has 0 aliphatic rings. The van der Waals surface area contributed by atoms with Crippen LogP contribution >= 0.6 is 0 Å². The lowest BCUT2D eigenvalue weighted by molar-refractivity contribution is -0.117. The van der Waals surface area contributed by atoms with Crippen molar-refractivity contribution in [3.05, 3.63) is 95.6 Å². The monoisotopic (exact) mass is 453 g/mol. The molecule has 1 N–H and O–H groups in total. The Labute approximate surface area is 206 Å². The predicted molar refractivity (Wildman–Crippen MR) is 146 cm³/mol. The fourth-order valence-corrected chi connectivity index (χ4v) is 4.29. The highest BCUT2D eigenvalue weighted by Gasteiger charge is 2.08. The summed E-state index contributed by atoms with van der Waals surface area (Å²) in [6.07, 6.45) is 7.90. The minimum absolute atomic E-state index is 0.0616. The van der Waals surface area contributed by atoms with Crippen molar-refractivity contribution in [1.82, 2.24) is 5.32 Å². The van der Waals surface area contributed by atoms with Crippen molar-refractivity contribution in [1.29, 1.82) is 0 Å². The van der Waals surface area contributed by atoms with Crippen LogP contribution in [0.5, 0.6) is 0 Å². The summed E-state index contributed by atoms with van der Waals surface area (Å²) >= 11 is 0. The largest absolute Gasteiger partial charge is 0.352 e. The van der Waals surface area contributed by atoms with Gasteiger partial charge in [0.15, 0.2) is 0 Å². The van der Waals surface area contributed by atoms with E-state index in [0.717, 1.165) is 19.3 Å². The topological polar surface area (TPSA) is 29.1 Å². The molecule has 3 aromatic carbocycles. The number of unbranched alkanes of at least 4 members (excludes halogenated alkanes) is 2. The number of aryl methyl sites for hydroxylation is 3. The Kier molecular flexibility index (Phi) is 9.70. The molecule has 3 aromatic rings. The summed E-state index contributed by atoms with van der Waals surface area (Å²) < 4.78 is 0. The molecule has 0 aliphatic heterocycles. The van der Waals surface area contributed by atoms with Gasteiger partial charge in [0, 0.05) is 12.1 Å². The fourth-order valence-electron chi connectivity index (χ4n) is 4.29. The average Bonchev–Trinajstić information content (AvgIpc) is 2.87. The van der Waals surface area contributed by atoms with Gasteiger partial charge < -0.3 is 5.32 Å². The highest BCUT2D eigenvalue weighted by Crippen LogP contribution is 2.30. The van der Waals surface area contributed by atoms with Gasteiger partial charge in [0.1, 0.15) is 0 Å². The van der Waals surface area contributed by atoms with Gasteiger partial charge in [0.25, 0.3) is 0 Å². The Morgan fingerprint density at radius 1 is 0.765 bits per heavy atom. The predicted octanol–water partition coefficient (Wildman–Crippen LogP) is 7.94. The number of carbonyl (C=O) groups excluding carboxylic acids is 1. The number of benzene rings is 3. The van der Waals surface area contributed by atoms with Crippen molar-refractivity contribution in [2.45, 2.75) is 65.7 Å². The summed E-state index contributed by atoms with van der Waals surface area (Å²) in [6.45, 7) is 10.6. The quantitative estimate of drug-likeness (QED) is 0.219. The molecule has 3 rings (SSSR count). The van der Waals surface area contributed by atoms with Crippen molar-refractivity contribution in [2.75, 3.05) is 6.54 Å². The lowest BCUT2D eigenvalue weighted by Gasteiger charge is -2.12. The van der Waals surface area contributed by atoms with E-state index in [1.807, 2.05) is 0 Å². The second-order valence-corrected chi connectivity index (χ2v) is 9.22. The molecule has 2 heteroatoms. The van der Waals surface area contributed by atoms with Crippen LogP contribution in [0.2, 0.25) is 0 Å². The van der Waals surface area contributed by atoms with E-state index in [0.29, 0.717) is 12.1 Å². The standard InChI is InChI=1S/C32H39NO/c1-5-7-8-10-25-14-18-29(19-15-25)31-21-20-30(23-27(31)6-2)28-16-12-26(13-17-28)11-9-22-33-32(34)24(3)4/h12-21,23H,3,5-11,22H2,1-2,4H3,(H,33,34). The summed E-state index contributed by atoms with van der Waals surface area (Å²) in [5.41, 5.74) is 9.81. The van der Waals surface area contributed by atoms with Crippen LogP contribution in [0.25, 0.3) is 22.3 Å². The van der Waals surface area contributed by atoms with Gasteiger partial charge in [0.05, 0.1) is 0 Å². The Balaban J connectivity index is 1.64. The average molecular weight is 454 g/mol. The molecular formula is C32H39NO. The lowest BCUT2D eigenvalue weighted by atomic mass is 9.92. The van der Waals surface area contributed by atoms with E-state index >= 15 is 0 Å². The second-order valence-electron chi connectivity index (χ2n) is 9.22. The van der Waals surface area contributed by atoms with E-state index in [1.54, 1.807) is 6.92 Å². The smallest absolute Gasteiger partial charge is 0.246 e. The molecule has 0 bridgehead atoms. The van der Waals surface area contributed by atoms with Crippen LogP contribution in [0, 0.1) is 0 Å². The molecule has 0 atom stereocenters. The summed E-state index contributed by atoms with van der Waals surface area (Å²) in [6, 6.07) is 24.8. The Morgan fingerprint density at radius 3 is 1.94 bits per heavy atom. The molecule has 1 amide bonds. The summed E-state index contributed by atoms with van der Waals surface area (Å²) in [5, 5.41) is 2.90. The maximum Gasteiger partial charge on any atom is 0.246 e. The molecule has 178 valence electrons. The first-order valence-electron chi connectivity index (χ1n) is 12.8. The first kappa shape index (κ1) is 25.5. The molecule has 0 saturated heterocycles. The van der Waals surface area contributed by atoms with Crippen LogP contribution in [0.15, 0.2) is 78.9 Å². The third-order valence-electron chi connectivity index (χ3n) is 6.42. The maximum absolute atomic E-state index is 11.6. The third-order valence-corrected chi connectivity index (χ3v) is 6.42. The van der Waals surface area contributed by atoms with E-state index in [9.17, 15) is 4.79 Å². The summed E-state index contributed by atoms with van der Waals surface area (Å²) in [4.78, 5) is 11.6. The summed E-state index contributed by atoms with van der Waals surface area (Å²) in [7, 11) is 0. The zero-order valence-electron chi connectivity index (χ0n) is 21.1. The van der Waals surface area contributed by atoms with E-state index < -0.39 is 0 Å². The van der Waals surface area contributed by atoms with Gasteiger partial charge in [-0.3, -0.25) is 4.79 Å². The van der Waals surface area contributed by atoms with Crippen molar-refractivity contribution in [3.8, 4) is 22.3 Å². The third kappa shape index (κ3) is 7.18. The molecular weight excluding hydrogens is 414 g/mol. The van der Waals surface area contributed by atoms with Gasteiger partial charge in [-0.25, -0.2) is 0 Å². The van der Waals surface area contributed by atoms with Crippen LogP contribution < -0.4 is 5.32 Å². The number of amides is 1. The zero-order chi connectivity index (χ0) is 24.3. The highest BCUT2D eigenvalue weighted by molar-refractivity contribution is 5.92. The van der Waals surface area contributed by atoms with E-state index in [4.69, 9.17) is 0 Å². The molecule has 0 saturated carbocycles. The molecule has 34 heavy (non-hydrogen) atoms. The van der Waals surface area contributed by atoms with Gasteiger partial charge in [-0.1, -0.05) is 100.0 Å². The van der Waals surface area contributed by atoms with E-state index in [1.165, 1.54) is 64.6 Å². The van der Waals surface area contributed by atoms with Crippen molar-refractivity contribution in [3.63, 3.8) is 0 Å². The minimum atomic E-state index is -0.0616. The molecule has 0 spiro atoms. The molecule has 2 nitrogen and oxygen atoms in total. The first-order chi connectivity index (χ1) is 16.5. The van der Waals surface area contributed by atoms with Crippen LogP contribution in [-0.4, -0.2) is 12.5 Å². The lowest BCUT2D eigenvalue weighted by Crippen LogP contribution is -2.24. The van der Waals surface area contributed by atoms with Gasteiger partial charge in [-0.05, 0) is 78.0 Å². The van der Waals surface area contributed by atoms with E-state index in [2.05, 4.69) is 92.5 Å².